The average molecular weight is 621 g/mol. The van der Waals surface area contributed by atoms with Gasteiger partial charge in [-0.25, -0.2) is 4.99 Å². The zero-order chi connectivity index (χ0) is 22.5. The molecule has 1 fully saturated rings. The Kier molecular flexibility index (Phi) is 7.54. The van der Waals surface area contributed by atoms with Crippen LogP contribution in [0.5, 0.6) is 11.5 Å². The summed E-state index contributed by atoms with van der Waals surface area (Å²) in [6.45, 7) is 0.446. The molecule has 3 aromatic carbocycles. The monoisotopic (exact) mass is 620 g/mol. The standard InChI is InChI=1S/C24H18BrIN2O3S/c1-30-20-12-16(11-19(26)22(20)31-14-15-5-3-2-4-6-15)13-21-23(29)28-24(32-21)27-18-9-7-17(25)8-10-18/h2-13H,14H2,1H3,(H,27,28,29)/b21-13+. The number of methoxy groups -OCH3 is 1. The molecule has 0 spiro atoms. The van der Waals surface area contributed by atoms with Gasteiger partial charge in [0.15, 0.2) is 16.7 Å². The molecule has 0 radical (unpaired) electrons. The first kappa shape index (κ1) is 22.9. The van der Waals surface area contributed by atoms with E-state index in [-0.39, 0.29) is 5.91 Å². The number of benzene rings is 3. The van der Waals surface area contributed by atoms with Crippen molar-refractivity contribution in [2.75, 3.05) is 7.11 Å². The van der Waals surface area contributed by atoms with Gasteiger partial charge in [0.1, 0.15) is 6.61 Å². The summed E-state index contributed by atoms with van der Waals surface area (Å²) in [6.07, 6.45) is 1.83. The van der Waals surface area contributed by atoms with Crippen molar-refractivity contribution >= 4 is 73.1 Å². The molecule has 162 valence electrons. The Morgan fingerprint density at radius 2 is 1.88 bits per heavy atom. The van der Waals surface area contributed by atoms with E-state index in [4.69, 9.17) is 9.47 Å². The van der Waals surface area contributed by atoms with Crippen molar-refractivity contribution < 1.29 is 14.3 Å². The molecule has 1 heterocycles. The van der Waals surface area contributed by atoms with E-state index in [0.29, 0.717) is 28.2 Å². The minimum atomic E-state index is -0.177. The Hall–Kier alpha value is -2.30. The molecule has 32 heavy (non-hydrogen) atoms. The van der Waals surface area contributed by atoms with Crippen LogP contribution in [0.4, 0.5) is 5.69 Å². The molecule has 0 atom stereocenters. The summed E-state index contributed by atoms with van der Waals surface area (Å²) in [5.41, 5.74) is 2.70. The third kappa shape index (κ3) is 5.73. The van der Waals surface area contributed by atoms with Crippen LogP contribution in [0.25, 0.3) is 6.08 Å². The smallest absolute Gasteiger partial charge is 0.264 e. The van der Waals surface area contributed by atoms with Crippen LogP contribution in [-0.2, 0) is 11.4 Å². The lowest BCUT2D eigenvalue weighted by molar-refractivity contribution is -0.115. The molecule has 4 rings (SSSR count). The van der Waals surface area contributed by atoms with Gasteiger partial charge in [-0.05, 0) is 88.0 Å². The minimum Gasteiger partial charge on any atom is -0.493 e. The first-order valence-corrected chi connectivity index (χ1v) is 12.3. The summed E-state index contributed by atoms with van der Waals surface area (Å²) in [5, 5.41) is 3.37. The fourth-order valence-electron chi connectivity index (χ4n) is 2.96. The summed E-state index contributed by atoms with van der Waals surface area (Å²) < 4.78 is 13.5. The topological polar surface area (TPSA) is 59.9 Å². The second-order valence-electron chi connectivity index (χ2n) is 6.77. The van der Waals surface area contributed by atoms with Gasteiger partial charge in [-0.15, -0.1) is 0 Å². The van der Waals surface area contributed by atoms with Crippen molar-refractivity contribution in [2.45, 2.75) is 6.61 Å². The second kappa shape index (κ2) is 10.5. The summed E-state index contributed by atoms with van der Waals surface area (Å²) in [4.78, 5) is 17.5. The number of rotatable bonds is 6. The first-order chi connectivity index (χ1) is 15.5. The van der Waals surface area contributed by atoms with Gasteiger partial charge < -0.3 is 14.8 Å². The SMILES string of the molecule is COc1cc(/C=C2/SC(=Nc3ccc(Br)cc3)NC2=O)cc(I)c1OCc1ccccc1. The molecule has 0 aromatic heterocycles. The number of halogens is 2. The van der Waals surface area contributed by atoms with Crippen LogP contribution in [0.15, 0.2) is 81.1 Å². The van der Waals surface area contributed by atoms with E-state index >= 15 is 0 Å². The number of ether oxygens (including phenoxy) is 2. The van der Waals surface area contributed by atoms with Gasteiger partial charge in [0.2, 0.25) is 0 Å². The van der Waals surface area contributed by atoms with E-state index in [2.05, 4.69) is 48.8 Å². The highest BCUT2D eigenvalue weighted by molar-refractivity contribution is 14.1. The van der Waals surface area contributed by atoms with Crippen LogP contribution in [0.2, 0.25) is 0 Å². The number of thioether (sulfide) groups is 1. The molecule has 5 nitrogen and oxygen atoms in total. The summed E-state index contributed by atoms with van der Waals surface area (Å²) in [6, 6.07) is 21.4. The third-order valence-electron chi connectivity index (χ3n) is 4.48. The van der Waals surface area contributed by atoms with E-state index in [0.717, 1.165) is 24.9 Å². The molecule has 1 amide bonds. The van der Waals surface area contributed by atoms with Crippen LogP contribution < -0.4 is 14.8 Å². The second-order valence-corrected chi connectivity index (χ2v) is 9.88. The summed E-state index contributed by atoms with van der Waals surface area (Å²) >= 11 is 6.94. The summed E-state index contributed by atoms with van der Waals surface area (Å²) in [7, 11) is 1.61. The van der Waals surface area contributed by atoms with E-state index in [1.165, 1.54) is 11.8 Å². The molecule has 1 saturated heterocycles. The molecular weight excluding hydrogens is 603 g/mol. The Labute approximate surface area is 212 Å². The maximum Gasteiger partial charge on any atom is 0.264 e. The van der Waals surface area contributed by atoms with Crippen LogP contribution in [0, 0.1) is 3.57 Å². The number of hydrogen-bond acceptors (Lipinski definition) is 5. The van der Waals surface area contributed by atoms with Crippen molar-refractivity contribution in [3.63, 3.8) is 0 Å². The molecular formula is C24H18BrIN2O3S. The van der Waals surface area contributed by atoms with Crippen molar-refractivity contribution in [1.82, 2.24) is 5.32 Å². The molecule has 1 N–H and O–H groups in total. The average Bonchev–Trinajstić information content (AvgIpc) is 3.13. The fraction of sp³-hybridized carbons (Fsp3) is 0.0833. The normalized spacial score (nSPS) is 15.8. The van der Waals surface area contributed by atoms with Gasteiger partial charge >= 0.3 is 0 Å². The van der Waals surface area contributed by atoms with Crippen molar-refractivity contribution in [2.24, 2.45) is 4.99 Å². The molecule has 1 aliphatic heterocycles. The lowest BCUT2D eigenvalue weighted by atomic mass is 10.2. The molecule has 0 aliphatic carbocycles. The maximum absolute atomic E-state index is 12.5. The van der Waals surface area contributed by atoms with Crippen molar-refractivity contribution in [3.05, 3.63) is 90.8 Å². The quantitative estimate of drug-likeness (QED) is 0.251. The number of nitrogens with zero attached hydrogens (tertiary/aromatic N) is 1. The molecule has 0 saturated carbocycles. The lowest BCUT2D eigenvalue weighted by Crippen LogP contribution is -2.19. The van der Waals surface area contributed by atoms with Crippen molar-refractivity contribution in [3.8, 4) is 11.5 Å². The number of carbonyl (C=O) groups is 1. The highest BCUT2D eigenvalue weighted by Crippen LogP contribution is 2.36. The molecule has 0 bridgehead atoms. The van der Waals surface area contributed by atoms with Gasteiger partial charge in [0.05, 0.1) is 21.3 Å². The number of amides is 1. The Balaban J connectivity index is 1.53. The first-order valence-electron chi connectivity index (χ1n) is 9.61. The minimum absolute atomic E-state index is 0.177. The van der Waals surface area contributed by atoms with Gasteiger partial charge in [-0.3, -0.25) is 4.79 Å². The van der Waals surface area contributed by atoms with E-state index < -0.39 is 0 Å². The third-order valence-corrected chi connectivity index (χ3v) is 6.72. The van der Waals surface area contributed by atoms with E-state index in [9.17, 15) is 4.79 Å². The van der Waals surface area contributed by atoms with Crippen LogP contribution in [-0.4, -0.2) is 18.2 Å². The summed E-state index contributed by atoms with van der Waals surface area (Å²) in [5.74, 6) is 1.12. The highest BCUT2D eigenvalue weighted by atomic mass is 127. The van der Waals surface area contributed by atoms with Crippen LogP contribution in [0.3, 0.4) is 0 Å². The Morgan fingerprint density at radius 1 is 1.12 bits per heavy atom. The molecule has 0 unspecified atom stereocenters. The predicted molar refractivity (Wildman–Crippen MR) is 141 cm³/mol. The van der Waals surface area contributed by atoms with Gasteiger partial charge in [-0.2, -0.15) is 0 Å². The zero-order valence-electron chi connectivity index (χ0n) is 17.0. The molecule has 3 aromatic rings. The Bertz CT molecular complexity index is 1200. The lowest BCUT2D eigenvalue weighted by Gasteiger charge is -2.14. The predicted octanol–water partition coefficient (Wildman–Crippen LogP) is 6.53. The maximum atomic E-state index is 12.5. The molecule has 1 aliphatic rings. The number of hydrogen-bond donors (Lipinski definition) is 1. The van der Waals surface area contributed by atoms with Crippen LogP contribution in [0.1, 0.15) is 11.1 Å². The number of carbonyl (C=O) groups excluding carboxylic acids is 1. The van der Waals surface area contributed by atoms with E-state index in [1.807, 2.05) is 72.8 Å². The van der Waals surface area contributed by atoms with Gasteiger partial charge in [-0.1, -0.05) is 46.3 Å². The number of aliphatic imine (C=N–C) groups is 1. The Morgan fingerprint density at radius 3 is 2.59 bits per heavy atom. The number of nitrogens with one attached hydrogen (secondary N) is 1. The zero-order valence-corrected chi connectivity index (χ0v) is 21.5. The number of amidine groups is 1. The fourth-order valence-corrected chi connectivity index (χ4v) is 4.84. The van der Waals surface area contributed by atoms with Crippen molar-refractivity contribution in [1.29, 1.82) is 0 Å². The van der Waals surface area contributed by atoms with E-state index in [1.54, 1.807) is 7.11 Å². The molecule has 8 heteroatoms. The largest absolute Gasteiger partial charge is 0.493 e. The van der Waals surface area contributed by atoms with Crippen LogP contribution >= 0.6 is 50.3 Å². The van der Waals surface area contributed by atoms with Gasteiger partial charge in [0.25, 0.3) is 5.91 Å². The highest BCUT2D eigenvalue weighted by Gasteiger charge is 2.24. The van der Waals surface area contributed by atoms with Gasteiger partial charge in [0, 0.05) is 4.47 Å².